The molecule has 2 aromatic rings. The molecule has 0 spiro atoms. The predicted octanol–water partition coefficient (Wildman–Crippen LogP) is 0.283. The van der Waals surface area contributed by atoms with E-state index in [-0.39, 0.29) is 11.9 Å². The van der Waals surface area contributed by atoms with Gasteiger partial charge in [0.15, 0.2) is 6.04 Å². The number of quaternary nitrogens is 2. The standard InChI is InChI=1S/C23H28N4O/c1-3-27(22-7-5-4-6-8-22)23(28)19(2)26-15-13-25(14-16-26)18-21-11-9-20(17-24)10-12-21/h4-12,19H,3,13-16,18H2,1-2H3/p+2/t19-/m1/s1. The van der Waals surface area contributed by atoms with Crippen molar-refractivity contribution in [2.45, 2.75) is 26.4 Å². The number of hydrogen-bond donors (Lipinski definition) is 2. The lowest BCUT2D eigenvalue weighted by Crippen LogP contribution is -3.29. The minimum absolute atomic E-state index is 0.0309. The monoisotopic (exact) mass is 378 g/mol. The number of likely N-dealkylation sites (N-methyl/N-ethyl adjacent to an activating group) is 1. The van der Waals surface area contributed by atoms with Crippen molar-refractivity contribution in [3.05, 3.63) is 65.7 Å². The van der Waals surface area contributed by atoms with Gasteiger partial charge in [0.2, 0.25) is 0 Å². The number of carbonyl (C=O) groups excluding carboxylic acids is 1. The van der Waals surface area contributed by atoms with Gasteiger partial charge in [0.05, 0.1) is 11.6 Å². The molecule has 5 nitrogen and oxygen atoms in total. The molecule has 0 radical (unpaired) electrons. The summed E-state index contributed by atoms with van der Waals surface area (Å²) in [4.78, 5) is 17.9. The summed E-state index contributed by atoms with van der Waals surface area (Å²) in [6, 6.07) is 20.0. The van der Waals surface area contributed by atoms with Gasteiger partial charge >= 0.3 is 0 Å². The number of hydrogen-bond acceptors (Lipinski definition) is 2. The second-order valence-corrected chi connectivity index (χ2v) is 7.53. The number of anilines is 1. The second-order valence-electron chi connectivity index (χ2n) is 7.53. The Morgan fingerprint density at radius 2 is 1.71 bits per heavy atom. The lowest BCUT2D eigenvalue weighted by Gasteiger charge is -2.34. The zero-order chi connectivity index (χ0) is 19.9. The number of carbonyl (C=O) groups is 1. The first-order chi connectivity index (χ1) is 13.6. The lowest BCUT2D eigenvalue weighted by atomic mass is 10.1. The molecule has 28 heavy (non-hydrogen) atoms. The van der Waals surface area contributed by atoms with Crippen LogP contribution in [0.2, 0.25) is 0 Å². The highest BCUT2D eigenvalue weighted by molar-refractivity contribution is 5.96. The van der Waals surface area contributed by atoms with Crippen LogP contribution in [0, 0.1) is 11.3 Å². The van der Waals surface area contributed by atoms with E-state index in [0.29, 0.717) is 12.1 Å². The van der Waals surface area contributed by atoms with E-state index in [1.807, 2.05) is 54.3 Å². The van der Waals surface area contributed by atoms with Crippen molar-refractivity contribution in [1.29, 1.82) is 5.26 Å². The van der Waals surface area contributed by atoms with Crippen LogP contribution in [0.25, 0.3) is 0 Å². The molecule has 2 aromatic carbocycles. The van der Waals surface area contributed by atoms with Crippen molar-refractivity contribution in [1.82, 2.24) is 0 Å². The Balaban J connectivity index is 1.54. The fourth-order valence-electron chi connectivity index (χ4n) is 4.00. The van der Waals surface area contributed by atoms with E-state index in [1.54, 1.807) is 4.90 Å². The van der Waals surface area contributed by atoms with Gasteiger partial charge in [-0.15, -0.1) is 0 Å². The molecule has 1 saturated heterocycles. The van der Waals surface area contributed by atoms with Crippen molar-refractivity contribution in [2.75, 3.05) is 37.6 Å². The maximum absolute atomic E-state index is 13.1. The predicted molar refractivity (Wildman–Crippen MR) is 110 cm³/mol. The van der Waals surface area contributed by atoms with Crippen LogP contribution in [-0.2, 0) is 11.3 Å². The quantitative estimate of drug-likeness (QED) is 0.759. The molecule has 0 aromatic heterocycles. The van der Waals surface area contributed by atoms with Gasteiger partial charge in [-0.3, -0.25) is 4.79 Å². The van der Waals surface area contributed by atoms with Crippen LogP contribution in [0.5, 0.6) is 0 Å². The van der Waals surface area contributed by atoms with Crippen molar-refractivity contribution >= 4 is 11.6 Å². The number of nitrogens with zero attached hydrogens (tertiary/aromatic N) is 2. The molecule has 1 atom stereocenters. The first-order valence-electron chi connectivity index (χ1n) is 10.2. The van der Waals surface area contributed by atoms with Gasteiger partial charge in [0, 0.05) is 17.8 Å². The Kier molecular flexibility index (Phi) is 6.80. The smallest absolute Gasteiger partial charge is 0.284 e. The van der Waals surface area contributed by atoms with Gasteiger partial charge in [0.1, 0.15) is 32.7 Å². The second kappa shape index (κ2) is 9.50. The van der Waals surface area contributed by atoms with Crippen LogP contribution < -0.4 is 14.7 Å². The third-order valence-corrected chi connectivity index (χ3v) is 5.77. The number of nitrogens with one attached hydrogen (secondary N) is 2. The molecule has 3 rings (SSSR count). The highest BCUT2D eigenvalue weighted by atomic mass is 16.2. The topological polar surface area (TPSA) is 53.0 Å². The van der Waals surface area contributed by atoms with Gasteiger partial charge in [0.25, 0.3) is 5.91 Å². The van der Waals surface area contributed by atoms with Crippen LogP contribution in [0.4, 0.5) is 5.69 Å². The van der Waals surface area contributed by atoms with Crippen molar-refractivity contribution in [2.24, 2.45) is 0 Å². The Bertz CT molecular complexity index is 805. The minimum atomic E-state index is -0.0309. The Labute approximate surface area is 167 Å². The molecule has 1 aliphatic heterocycles. The number of piperazine rings is 1. The SMILES string of the molecule is CCN(C(=O)[C@@H](C)[NH+]1CC[NH+](Cc2ccc(C#N)cc2)CC1)c1ccccc1. The number of amides is 1. The molecule has 1 heterocycles. The van der Waals surface area contributed by atoms with Crippen LogP contribution >= 0.6 is 0 Å². The molecule has 0 aliphatic carbocycles. The van der Waals surface area contributed by atoms with Gasteiger partial charge < -0.3 is 14.7 Å². The average molecular weight is 379 g/mol. The van der Waals surface area contributed by atoms with Gasteiger partial charge in [-0.25, -0.2) is 0 Å². The fraction of sp³-hybridized carbons (Fsp3) is 0.391. The lowest BCUT2D eigenvalue weighted by molar-refractivity contribution is -1.02. The Morgan fingerprint density at radius 3 is 2.29 bits per heavy atom. The van der Waals surface area contributed by atoms with E-state index in [4.69, 9.17) is 5.26 Å². The maximum Gasteiger partial charge on any atom is 0.284 e. The fourth-order valence-corrected chi connectivity index (χ4v) is 4.00. The summed E-state index contributed by atoms with van der Waals surface area (Å²) in [5.41, 5.74) is 2.95. The number of para-hydroxylation sites is 1. The largest absolute Gasteiger partial charge is 0.322 e. The van der Waals surface area contributed by atoms with Crippen molar-refractivity contribution < 1.29 is 14.6 Å². The first-order valence-corrected chi connectivity index (χ1v) is 10.2. The molecule has 1 fully saturated rings. The van der Waals surface area contributed by atoms with E-state index >= 15 is 0 Å². The Hall–Kier alpha value is -2.68. The molecule has 0 saturated carbocycles. The zero-order valence-corrected chi connectivity index (χ0v) is 16.8. The summed E-state index contributed by atoms with van der Waals surface area (Å²) >= 11 is 0. The van der Waals surface area contributed by atoms with Crippen LogP contribution in [0.1, 0.15) is 25.0 Å². The molecule has 5 heteroatoms. The van der Waals surface area contributed by atoms with Gasteiger partial charge in [-0.1, -0.05) is 30.3 Å². The Morgan fingerprint density at radius 1 is 1.07 bits per heavy atom. The van der Waals surface area contributed by atoms with E-state index in [9.17, 15) is 4.79 Å². The molecule has 2 N–H and O–H groups in total. The first kappa shape index (κ1) is 20.1. The maximum atomic E-state index is 13.1. The van der Waals surface area contributed by atoms with Crippen LogP contribution in [0.15, 0.2) is 54.6 Å². The average Bonchev–Trinajstić information content (AvgIpc) is 2.75. The third-order valence-electron chi connectivity index (χ3n) is 5.77. The number of benzene rings is 2. The summed E-state index contributed by atoms with van der Waals surface area (Å²) in [5, 5.41) is 8.92. The minimum Gasteiger partial charge on any atom is -0.322 e. The highest BCUT2D eigenvalue weighted by Gasteiger charge is 2.33. The molecular formula is C23H30N4O+2. The van der Waals surface area contributed by atoms with Crippen molar-refractivity contribution in [3.63, 3.8) is 0 Å². The van der Waals surface area contributed by atoms with Gasteiger partial charge in [-0.2, -0.15) is 5.26 Å². The van der Waals surface area contributed by atoms with E-state index in [0.717, 1.165) is 38.4 Å². The summed E-state index contributed by atoms with van der Waals surface area (Å²) < 4.78 is 0. The van der Waals surface area contributed by atoms with E-state index in [1.165, 1.54) is 10.5 Å². The highest BCUT2D eigenvalue weighted by Crippen LogP contribution is 2.13. The van der Waals surface area contributed by atoms with Crippen molar-refractivity contribution in [3.8, 4) is 6.07 Å². The molecule has 1 aliphatic rings. The summed E-state index contributed by atoms with van der Waals surface area (Å²) in [6.45, 7) is 9.90. The molecule has 0 bridgehead atoms. The molecule has 1 amide bonds. The summed E-state index contributed by atoms with van der Waals surface area (Å²) in [5.74, 6) is 0.208. The molecule has 0 unspecified atom stereocenters. The molecular weight excluding hydrogens is 348 g/mol. The van der Waals surface area contributed by atoms with Crippen LogP contribution in [0.3, 0.4) is 0 Å². The van der Waals surface area contributed by atoms with Gasteiger partial charge in [-0.05, 0) is 38.1 Å². The number of nitriles is 1. The normalized spacial score (nSPS) is 20.2. The summed E-state index contributed by atoms with van der Waals surface area (Å²) in [6.07, 6.45) is 0. The summed E-state index contributed by atoms with van der Waals surface area (Å²) in [7, 11) is 0. The molecule has 146 valence electrons. The van der Waals surface area contributed by atoms with Crippen LogP contribution in [-0.4, -0.2) is 44.7 Å². The van der Waals surface area contributed by atoms with E-state index < -0.39 is 0 Å². The zero-order valence-electron chi connectivity index (χ0n) is 16.8. The number of rotatable bonds is 6. The van der Waals surface area contributed by atoms with E-state index in [2.05, 4.69) is 25.1 Å². The third kappa shape index (κ3) is 4.78.